The SMILES string of the molecule is O=C(O)c1c(C(F)(F)F)[nH]c2ccc(CCO)cc12. The summed E-state index contributed by atoms with van der Waals surface area (Å²) in [6.07, 6.45) is -4.51. The summed E-state index contributed by atoms with van der Waals surface area (Å²) >= 11 is 0. The maximum Gasteiger partial charge on any atom is 0.432 e. The van der Waals surface area contributed by atoms with Crippen molar-refractivity contribution in [1.29, 1.82) is 0 Å². The Labute approximate surface area is 105 Å². The molecule has 1 aromatic carbocycles. The van der Waals surface area contributed by atoms with E-state index in [0.717, 1.165) is 0 Å². The first-order valence-electron chi connectivity index (χ1n) is 5.40. The predicted octanol–water partition coefficient (Wildman–Crippen LogP) is 2.42. The van der Waals surface area contributed by atoms with Crippen molar-refractivity contribution in [1.82, 2.24) is 4.98 Å². The Balaban J connectivity index is 2.72. The molecule has 0 saturated carbocycles. The van der Waals surface area contributed by atoms with Crippen LogP contribution in [-0.2, 0) is 12.6 Å². The lowest BCUT2D eigenvalue weighted by Crippen LogP contribution is -2.11. The number of hydrogen-bond acceptors (Lipinski definition) is 2. The zero-order chi connectivity index (χ0) is 14.2. The Bertz CT molecular complexity index is 631. The molecule has 3 N–H and O–H groups in total. The van der Waals surface area contributed by atoms with E-state index in [4.69, 9.17) is 10.2 Å². The first-order chi connectivity index (χ1) is 8.84. The second-order valence-corrected chi connectivity index (χ2v) is 4.03. The first-order valence-corrected chi connectivity index (χ1v) is 5.40. The van der Waals surface area contributed by atoms with E-state index in [-0.39, 0.29) is 23.9 Å². The maximum absolute atomic E-state index is 12.8. The van der Waals surface area contributed by atoms with E-state index in [1.54, 1.807) is 6.07 Å². The lowest BCUT2D eigenvalue weighted by Gasteiger charge is -2.04. The summed E-state index contributed by atoms with van der Waals surface area (Å²) in [5.74, 6) is -1.64. The molecule has 2 rings (SSSR count). The zero-order valence-electron chi connectivity index (χ0n) is 9.58. The fourth-order valence-corrected chi connectivity index (χ4v) is 1.96. The Hall–Kier alpha value is -2.02. The molecular formula is C12H10F3NO3. The van der Waals surface area contributed by atoms with E-state index in [9.17, 15) is 18.0 Å². The van der Waals surface area contributed by atoms with Crippen LogP contribution in [0, 0.1) is 0 Å². The van der Waals surface area contributed by atoms with Crippen LogP contribution < -0.4 is 0 Å². The van der Waals surface area contributed by atoms with Gasteiger partial charge >= 0.3 is 12.1 Å². The van der Waals surface area contributed by atoms with Gasteiger partial charge in [-0.2, -0.15) is 13.2 Å². The van der Waals surface area contributed by atoms with Gasteiger partial charge in [-0.05, 0) is 24.1 Å². The van der Waals surface area contributed by atoms with Gasteiger partial charge in [-0.25, -0.2) is 4.79 Å². The van der Waals surface area contributed by atoms with Gasteiger partial charge in [0, 0.05) is 17.5 Å². The number of fused-ring (bicyclic) bond motifs is 1. The molecule has 0 atom stereocenters. The minimum Gasteiger partial charge on any atom is -0.478 e. The Morgan fingerprint density at radius 3 is 2.53 bits per heavy atom. The van der Waals surface area contributed by atoms with E-state index in [0.29, 0.717) is 5.56 Å². The number of aromatic carboxylic acids is 1. The van der Waals surface area contributed by atoms with Crippen LogP contribution in [0.5, 0.6) is 0 Å². The highest BCUT2D eigenvalue weighted by molar-refractivity contribution is 6.05. The fraction of sp³-hybridized carbons (Fsp3) is 0.250. The number of nitrogens with one attached hydrogen (secondary N) is 1. The Morgan fingerprint density at radius 2 is 2.00 bits per heavy atom. The molecule has 1 aromatic heterocycles. The van der Waals surface area contributed by atoms with Gasteiger partial charge in [-0.3, -0.25) is 0 Å². The maximum atomic E-state index is 12.8. The summed E-state index contributed by atoms with van der Waals surface area (Å²) in [7, 11) is 0. The van der Waals surface area contributed by atoms with Crippen molar-refractivity contribution in [2.75, 3.05) is 6.61 Å². The molecule has 4 nitrogen and oxygen atoms in total. The molecule has 1 heterocycles. The molecule has 0 bridgehead atoms. The topological polar surface area (TPSA) is 73.3 Å². The molecule has 0 unspecified atom stereocenters. The second-order valence-electron chi connectivity index (χ2n) is 4.03. The molecule has 0 amide bonds. The number of carbonyl (C=O) groups is 1. The van der Waals surface area contributed by atoms with Gasteiger partial charge in [-0.1, -0.05) is 6.07 Å². The quantitative estimate of drug-likeness (QED) is 0.804. The molecule has 0 radical (unpaired) electrons. The third kappa shape index (κ3) is 2.41. The minimum absolute atomic E-state index is 0.00854. The number of aromatic amines is 1. The number of H-pyrrole nitrogens is 1. The van der Waals surface area contributed by atoms with Crippen molar-refractivity contribution in [2.24, 2.45) is 0 Å². The normalized spacial score (nSPS) is 12.0. The third-order valence-corrected chi connectivity index (χ3v) is 2.76. The van der Waals surface area contributed by atoms with Crippen molar-refractivity contribution in [2.45, 2.75) is 12.6 Å². The average molecular weight is 273 g/mol. The van der Waals surface area contributed by atoms with Crippen molar-refractivity contribution < 1.29 is 28.2 Å². The summed E-state index contributed by atoms with van der Waals surface area (Å²) in [5.41, 5.74) is -1.38. The highest BCUT2D eigenvalue weighted by atomic mass is 19.4. The van der Waals surface area contributed by atoms with E-state index < -0.39 is 23.4 Å². The molecule has 0 aliphatic heterocycles. The Kier molecular flexibility index (Phi) is 3.23. The summed E-state index contributed by atoms with van der Waals surface area (Å²) in [6, 6.07) is 4.27. The molecule has 19 heavy (non-hydrogen) atoms. The van der Waals surface area contributed by atoms with Crippen LogP contribution in [0.1, 0.15) is 21.6 Å². The van der Waals surface area contributed by atoms with Crippen molar-refractivity contribution in [3.8, 4) is 0 Å². The molecule has 0 aliphatic rings. The number of aliphatic hydroxyl groups excluding tert-OH is 1. The van der Waals surface area contributed by atoms with Crippen LogP contribution in [0.15, 0.2) is 18.2 Å². The fourth-order valence-electron chi connectivity index (χ4n) is 1.96. The molecule has 0 spiro atoms. The number of carboxylic acid groups (broad SMARTS) is 1. The monoisotopic (exact) mass is 273 g/mol. The molecular weight excluding hydrogens is 263 g/mol. The molecule has 7 heteroatoms. The second kappa shape index (κ2) is 4.58. The Morgan fingerprint density at radius 1 is 1.32 bits per heavy atom. The van der Waals surface area contributed by atoms with E-state index >= 15 is 0 Å². The highest BCUT2D eigenvalue weighted by Gasteiger charge is 2.38. The van der Waals surface area contributed by atoms with Gasteiger partial charge in [0.05, 0.1) is 5.56 Å². The van der Waals surface area contributed by atoms with Crippen molar-refractivity contribution in [3.63, 3.8) is 0 Å². The van der Waals surface area contributed by atoms with E-state index in [1.165, 1.54) is 12.1 Å². The highest BCUT2D eigenvalue weighted by Crippen LogP contribution is 2.35. The summed E-state index contributed by atoms with van der Waals surface area (Å²) in [6.45, 7) is -0.162. The van der Waals surface area contributed by atoms with E-state index in [1.807, 2.05) is 0 Å². The lowest BCUT2D eigenvalue weighted by atomic mass is 10.1. The van der Waals surface area contributed by atoms with Gasteiger partial charge in [-0.15, -0.1) is 0 Å². The molecule has 0 aliphatic carbocycles. The average Bonchev–Trinajstić information content (AvgIpc) is 2.67. The van der Waals surface area contributed by atoms with Crippen LogP contribution in [0.2, 0.25) is 0 Å². The van der Waals surface area contributed by atoms with E-state index in [2.05, 4.69) is 4.98 Å². The van der Waals surface area contributed by atoms with Crippen molar-refractivity contribution in [3.05, 3.63) is 35.0 Å². The number of alkyl halides is 3. The van der Waals surface area contributed by atoms with Crippen LogP contribution in [0.3, 0.4) is 0 Å². The van der Waals surface area contributed by atoms with Gasteiger partial charge in [0.15, 0.2) is 0 Å². The van der Waals surface area contributed by atoms with Gasteiger partial charge < -0.3 is 15.2 Å². The third-order valence-electron chi connectivity index (χ3n) is 2.76. The van der Waals surface area contributed by atoms with Gasteiger partial charge in [0.1, 0.15) is 5.69 Å². The van der Waals surface area contributed by atoms with Gasteiger partial charge in [0.2, 0.25) is 0 Å². The number of carboxylic acids is 1. The minimum atomic E-state index is -4.76. The molecule has 2 aromatic rings. The number of halogens is 3. The zero-order valence-corrected chi connectivity index (χ0v) is 9.58. The van der Waals surface area contributed by atoms with Crippen molar-refractivity contribution >= 4 is 16.9 Å². The summed E-state index contributed by atoms with van der Waals surface area (Å²) < 4.78 is 38.3. The number of hydrogen-bond donors (Lipinski definition) is 3. The van der Waals surface area contributed by atoms with Gasteiger partial charge in [0.25, 0.3) is 0 Å². The first kappa shape index (κ1) is 13.4. The number of rotatable bonds is 3. The smallest absolute Gasteiger partial charge is 0.432 e. The van der Waals surface area contributed by atoms with Crippen LogP contribution in [0.25, 0.3) is 10.9 Å². The largest absolute Gasteiger partial charge is 0.478 e. The number of benzene rings is 1. The lowest BCUT2D eigenvalue weighted by molar-refractivity contribution is -0.141. The molecule has 0 saturated heterocycles. The predicted molar refractivity (Wildman–Crippen MR) is 61.0 cm³/mol. The molecule has 0 fully saturated rings. The summed E-state index contributed by atoms with van der Waals surface area (Å²) in [5, 5.41) is 17.8. The molecule has 102 valence electrons. The van der Waals surface area contributed by atoms with Crippen LogP contribution in [-0.4, -0.2) is 27.8 Å². The summed E-state index contributed by atoms with van der Waals surface area (Å²) in [4.78, 5) is 13.1. The number of aromatic nitrogens is 1. The van der Waals surface area contributed by atoms with Crippen LogP contribution in [0.4, 0.5) is 13.2 Å². The standard InChI is InChI=1S/C12H10F3NO3/c13-12(14,15)10-9(11(18)19)7-5-6(3-4-17)1-2-8(7)16-10/h1-2,5,16-17H,3-4H2,(H,18,19). The number of aliphatic hydroxyl groups is 1. The van der Waals surface area contributed by atoms with Crippen LogP contribution >= 0.6 is 0 Å².